The zero-order valence-electron chi connectivity index (χ0n) is 31.7. The highest BCUT2D eigenvalue weighted by atomic mass is 16.4. The number of Topliss-reactive ketones (excluding diaryl/α,β-unsaturated/α-hetero) is 1. The lowest BCUT2D eigenvalue weighted by Gasteiger charge is -2.35. The van der Waals surface area contributed by atoms with Crippen LogP contribution in [0.5, 0.6) is 0 Å². The van der Waals surface area contributed by atoms with E-state index in [1.165, 1.54) is 6.07 Å². The maximum atomic E-state index is 13.0. The van der Waals surface area contributed by atoms with Crippen molar-refractivity contribution < 1.29 is 24.3 Å². The van der Waals surface area contributed by atoms with E-state index in [1.807, 2.05) is 12.1 Å². The first-order valence-corrected chi connectivity index (χ1v) is 18.5. The number of carboxylic acids is 1. The summed E-state index contributed by atoms with van der Waals surface area (Å²) in [5.41, 5.74) is 6.93. The van der Waals surface area contributed by atoms with Crippen molar-refractivity contribution in [2.45, 2.75) is 51.6 Å². The molecule has 57 heavy (non-hydrogen) atoms. The van der Waals surface area contributed by atoms with Crippen molar-refractivity contribution in [3.8, 4) is 23.7 Å². The second-order valence-corrected chi connectivity index (χ2v) is 13.2. The van der Waals surface area contributed by atoms with E-state index >= 15 is 0 Å². The molecule has 8 rings (SSSR count). The van der Waals surface area contributed by atoms with Crippen molar-refractivity contribution in [3.63, 3.8) is 0 Å². The number of hydrogen-bond donors (Lipinski definition) is 4. The molecule has 5 N–H and O–H groups in total. The summed E-state index contributed by atoms with van der Waals surface area (Å²) in [6, 6.07) is 16.8. The van der Waals surface area contributed by atoms with E-state index < -0.39 is 5.97 Å². The molecule has 2 fully saturated rings. The first kappa shape index (κ1) is 39.6. The molecule has 4 aromatic heterocycles. The molecule has 0 unspecified atom stereocenters. The number of carbonyl (C=O) groups excluding carboxylic acids is 3. The smallest absolute Gasteiger partial charge is 0.354 e. The van der Waals surface area contributed by atoms with Crippen molar-refractivity contribution in [1.29, 1.82) is 0 Å². The first-order chi connectivity index (χ1) is 27.7. The molecule has 4 amide bonds. The highest BCUT2D eigenvalue weighted by molar-refractivity contribution is 6.06. The average molecular weight is 770 g/mol. The van der Waals surface area contributed by atoms with Gasteiger partial charge in [0.2, 0.25) is 0 Å². The number of fused-ring (bicyclic) bond motifs is 8. The zero-order chi connectivity index (χ0) is 40.3. The molecule has 0 spiro atoms. The lowest BCUT2D eigenvalue weighted by atomic mass is 10.1. The molecular formula is C41H43N11O5. The third-order valence-corrected chi connectivity index (χ3v) is 9.58. The van der Waals surface area contributed by atoms with Crippen LogP contribution in [0.4, 0.5) is 44.2 Å². The van der Waals surface area contributed by atoms with Crippen LogP contribution < -0.4 is 36.0 Å². The molecule has 0 aromatic carbocycles. The van der Waals surface area contributed by atoms with Crippen molar-refractivity contribution in [2.75, 3.05) is 63.0 Å². The number of hydrogen-bond acceptors (Lipinski definition) is 11. The highest BCUT2D eigenvalue weighted by Crippen LogP contribution is 2.40. The summed E-state index contributed by atoms with van der Waals surface area (Å²) in [4.78, 5) is 74.1. The van der Waals surface area contributed by atoms with Gasteiger partial charge in [0, 0.05) is 51.4 Å². The number of amides is 4. The van der Waals surface area contributed by atoms with Gasteiger partial charge in [-0.05, 0) is 75.2 Å². The molecule has 4 bridgehead atoms. The second kappa shape index (κ2) is 18.5. The van der Waals surface area contributed by atoms with Crippen molar-refractivity contribution in [1.82, 2.24) is 19.9 Å². The Bertz CT molecular complexity index is 2230. The Morgan fingerprint density at radius 2 is 1.25 bits per heavy atom. The number of nitrogens with one attached hydrogen (secondary N) is 2. The van der Waals surface area contributed by atoms with Crippen LogP contribution in [0.15, 0.2) is 73.1 Å². The molecule has 16 heteroatoms. The summed E-state index contributed by atoms with van der Waals surface area (Å²) in [5.74, 6) is 11.6. The number of carbonyl (C=O) groups is 4. The Balaban J connectivity index is 0.000000174. The number of carboxylic acid groups (broad SMARTS) is 1. The Morgan fingerprint density at radius 1 is 0.737 bits per heavy atom. The molecule has 2 atom stereocenters. The number of nitrogens with two attached hydrogens (primary N) is 1. The van der Waals surface area contributed by atoms with Gasteiger partial charge in [0.1, 0.15) is 17.3 Å². The number of nitrogens with zero attached hydrogens (tertiary/aromatic N) is 8. The van der Waals surface area contributed by atoms with Crippen LogP contribution in [-0.4, -0.2) is 93.7 Å². The van der Waals surface area contributed by atoms with E-state index in [0.717, 1.165) is 50.4 Å². The zero-order valence-corrected chi connectivity index (χ0v) is 31.7. The Morgan fingerprint density at radius 3 is 1.68 bits per heavy atom. The topological polar surface area (TPSA) is 203 Å². The molecule has 0 radical (unpaired) electrons. The largest absolute Gasteiger partial charge is 0.477 e. The summed E-state index contributed by atoms with van der Waals surface area (Å²) in [6.45, 7) is 7.18. The standard InChI is InChI=1S/C21H21N5O2.C16H15N5O3.C4H7N/c1-2-3-4-7-18(27)16-9-10-17-20(23-16)26(15-11-13-25(17)14-15)21(28)24-19-8-5-6-12-22-19;22-15(23)11-4-5-12-14(18-11)21(10-6-8-20(12)9-10)16(24)19-13-3-1-2-7-17-13;1-2-3-4-5/h5-6,8-10,12,15H,4,7,11,13-14H2,1H3,(H,22,24,28);1-5,7,10H,6,8-9H2,(H,22,23)(H,17,19,24);4-5H2,1H3/t15-;10-;/m00./s1. The van der Waals surface area contributed by atoms with Crippen LogP contribution >= 0.6 is 0 Å². The van der Waals surface area contributed by atoms with Crippen LogP contribution in [0.3, 0.4) is 0 Å². The van der Waals surface area contributed by atoms with Crippen LogP contribution in [0.2, 0.25) is 0 Å². The number of aromatic carboxylic acids is 1. The molecule has 4 aliphatic rings. The molecule has 8 heterocycles. The van der Waals surface area contributed by atoms with Gasteiger partial charge < -0.3 is 20.6 Å². The predicted octanol–water partition coefficient (Wildman–Crippen LogP) is 4.87. The lowest BCUT2D eigenvalue weighted by molar-refractivity contribution is 0.0690. The molecule has 0 aliphatic carbocycles. The van der Waals surface area contributed by atoms with E-state index in [4.69, 9.17) is 5.73 Å². The minimum absolute atomic E-state index is 0.0278. The maximum absolute atomic E-state index is 13.0. The van der Waals surface area contributed by atoms with E-state index in [9.17, 15) is 24.3 Å². The third kappa shape index (κ3) is 9.26. The minimum Gasteiger partial charge on any atom is -0.477 e. The van der Waals surface area contributed by atoms with Crippen LogP contribution in [0.25, 0.3) is 0 Å². The number of ketones is 1. The van der Waals surface area contributed by atoms with Gasteiger partial charge in [-0.15, -0.1) is 17.8 Å². The van der Waals surface area contributed by atoms with E-state index in [0.29, 0.717) is 48.4 Å². The van der Waals surface area contributed by atoms with Crippen LogP contribution in [0.1, 0.15) is 60.5 Å². The fourth-order valence-electron chi connectivity index (χ4n) is 6.96. The summed E-state index contributed by atoms with van der Waals surface area (Å²) in [6.07, 6.45) is 5.73. The Labute approximate surface area is 330 Å². The van der Waals surface area contributed by atoms with Crippen molar-refractivity contribution in [2.24, 2.45) is 5.73 Å². The first-order valence-electron chi connectivity index (χ1n) is 18.5. The summed E-state index contributed by atoms with van der Waals surface area (Å²) in [7, 11) is 0. The SMILES string of the molecule is CC#CCCC(=O)c1ccc2c(n1)N(C(=O)Nc1ccccn1)[C@H]1CCN2C1.CC#CCN.O=C(O)c1ccc2c(n1)N(C(=O)Nc1ccccn1)[C@H]1CCN2C1. The number of aromatic nitrogens is 4. The van der Waals surface area contributed by atoms with Gasteiger partial charge in [0.15, 0.2) is 23.1 Å². The summed E-state index contributed by atoms with van der Waals surface area (Å²) in [5, 5.41) is 14.8. The van der Waals surface area contributed by atoms with Gasteiger partial charge in [0.05, 0.1) is 30.0 Å². The van der Waals surface area contributed by atoms with Crippen molar-refractivity contribution >= 4 is 58.5 Å². The quantitative estimate of drug-likeness (QED) is 0.153. The lowest BCUT2D eigenvalue weighted by Crippen LogP contribution is -2.48. The van der Waals surface area contributed by atoms with E-state index in [-0.39, 0.29) is 35.6 Å². The van der Waals surface area contributed by atoms with Gasteiger partial charge >= 0.3 is 18.0 Å². The Kier molecular flexibility index (Phi) is 12.9. The minimum atomic E-state index is -1.11. The monoisotopic (exact) mass is 769 g/mol. The molecule has 292 valence electrons. The molecule has 4 aliphatic heterocycles. The van der Waals surface area contributed by atoms with Crippen LogP contribution in [0, 0.1) is 23.7 Å². The summed E-state index contributed by atoms with van der Waals surface area (Å²) < 4.78 is 0. The number of anilines is 6. The number of pyridine rings is 4. The normalized spacial score (nSPS) is 16.4. The molecule has 2 saturated heterocycles. The number of urea groups is 2. The van der Waals surface area contributed by atoms with Gasteiger partial charge in [-0.2, -0.15) is 0 Å². The fraction of sp³-hybridized carbons (Fsp3) is 0.317. The third-order valence-electron chi connectivity index (χ3n) is 9.58. The molecular weight excluding hydrogens is 727 g/mol. The highest BCUT2D eigenvalue weighted by Gasteiger charge is 2.42. The van der Waals surface area contributed by atoms with Crippen molar-refractivity contribution in [3.05, 3.63) is 84.4 Å². The molecule has 0 saturated carbocycles. The summed E-state index contributed by atoms with van der Waals surface area (Å²) >= 11 is 0. The maximum Gasteiger partial charge on any atom is 0.354 e. The van der Waals surface area contributed by atoms with Crippen LogP contribution in [-0.2, 0) is 0 Å². The number of rotatable bonds is 6. The predicted molar refractivity (Wildman–Crippen MR) is 218 cm³/mol. The average Bonchev–Trinajstić information content (AvgIpc) is 3.84. The van der Waals surface area contributed by atoms with Gasteiger partial charge in [-0.1, -0.05) is 18.1 Å². The molecule has 4 aromatic rings. The second-order valence-electron chi connectivity index (χ2n) is 13.2. The molecule has 16 nitrogen and oxygen atoms in total. The van der Waals surface area contributed by atoms with Gasteiger partial charge in [0.25, 0.3) is 0 Å². The van der Waals surface area contributed by atoms with E-state index in [2.05, 4.69) is 64.1 Å². The van der Waals surface area contributed by atoms with Gasteiger partial charge in [-0.25, -0.2) is 34.3 Å². The van der Waals surface area contributed by atoms with Gasteiger partial charge in [-0.3, -0.25) is 25.2 Å². The van der Waals surface area contributed by atoms with E-state index in [1.54, 1.807) is 78.5 Å². The fourth-order valence-corrected chi connectivity index (χ4v) is 6.96. The Hall–Kier alpha value is -7.04.